The van der Waals surface area contributed by atoms with Crippen LogP contribution in [0, 0.1) is 10.1 Å². The molecule has 1 fully saturated rings. The van der Waals surface area contributed by atoms with Crippen LogP contribution in [0.3, 0.4) is 0 Å². The zero-order valence-corrected chi connectivity index (χ0v) is 12.6. The molecule has 0 aliphatic heterocycles. The van der Waals surface area contributed by atoms with E-state index in [-0.39, 0.29) is 17.5 Å². The molecule has 0 amide bonds. The Balaban J connectivity index is 2.10. The quantitative estimate of drug-likeness (QED) is 0.465. The Kier molecular flexibility index (Phi) is 4.44. The minimum absolute atomic E-state index is 0.00510. The highest BCUT2D eigenvalue weighted by atomic mass is 79.9. The van der Waals surface area contributed by atoms with E-state index in [1.165, 1.54) is 12.3 Å². The van der Waals surface area contributed by atoms with Gasteiger partial charge in [-0.3, -0.25) is 10.1 Å². The van der Waals surface area contributed by atoms with Gasteiger partial charge in [0.25, 0.3) is 0 Å². The second-order valence-electron chi connectivity index (χ2n) is 5.08. The van der Waals surface area contributed by atoms with Gasteiger partial charge in [0.15, 0.2) is 0 Å². The van der Waals surface area contributed by atoms with Gasteiger partial charge in [0.1, 0.15) is 5.75 Å². The lowest BCUT2D eigenvalue weighted by molar-refractivity contribution is -0.384. The Labute approximate surface area is 124 Å². The fourth-order valence-electron chi connectivity index (χ4n) is 2.22. The second kappa shape index (κ2) is 5.92. The number of hydrogen-bond acceptors (Lipinski definition) is 6. The lowest BCUT2D eigenvalue weighted by Crippen LogP contribution is -2.48. The number of nitrogens with zero attached hydrogens (tertiary/aromatic N) is 2. The fraction of sp³-hybridized carbons (Fsp3) is 0.583. The second-order valence-corrected chi connectivity index (χ2v) is 5.87. The van der Waals surface area contributed by atoms with Gasteiger partial charge >= 0.3 is 5.69 Å². The summed E-state index contributed by atoms with van der Waals surface area (Å²) >= 11 is 3.21. The summed E-state index contributed by atoms with van der Waals surface area (Å²) in [6.07, 6.45) is 2.55. The molecule has 1 saturated carbocycles. The Morgan fingerprint density at radius 1 is 1.70 bits per heavy atom. The molecule has 8 heteroatoms. The van der Waals surface area contributed by atoms with Crippen molar-refractivity contribution >= 4 is 27.4 Å². The van der Waals surface area contributed by atoms with E-state index < -0.39 is 10.5 Å². The Bertz CT molecular complexity index is 501. The lowest BCUT2D eigenvalue weighted by atomic mass is 9.77. The summed E-state index contributed by atoms with van der Waals surface area (Å²) in [5.41, 5.74) is -0.811. The molecule has 0 saturated heterocycles. The van der Waals surface area contributed by atoms with E-state index in [0.29, 0.717) is 30.5 Å². The van der Waals surface area contributed by atoms with E-state index in [9.17, 15) is 15.2 Å². The molecule has 20 heavy (non-hydrogen) atoms. The summed E-state index contributed by atoms with van der Waals surface area (Å²) in [5.74, 6) is 0.573. The summed E-state index contributed by atoms with van der Waals surface area (Å²) in [6.45, 7) is 2.15. The third-order valence-corrected chi connectivity index (χ3v) is 3.42. The molecule has 0 spiro atoms. The van der Waals surface area contributed by atoms with Gasteiger partial charge in [0.05, 0.1) is 29.4 Å². The minimum Gasteiger partial charge on any atom is -0.491 e. The molecule has 1 aromatic rings. The van der Waals surface area contributed by atoms with Crippen molar-refractivity contribution < 1.29 is 14.8 Å². The van der Waals surface area contributed by atoms with Gasteiger partial charge in [-0.2, -0.15) is 0 Å². The Hall–Kier alpha value is -1.41. The van der Waals surface area contributed by atoms with Crippen molar-refractivity contribution in [3.8, 4) is 5.75 Å². The molecule has 0 bridgehead atoms. The molecule has 1 heterocycles. The average molecular weight is 346 g/mol. The van der Waals surface area contributed by atoms with Gasteiger partial charge in [-0.05, 0) is 19.8 Å². The summed E-state index contributed by atoms with van der Waals surface area (Å²) in [7, 11) is 0. The predicted molar refractivity (Wildman–Crippen MR) is 77.4 cm³/mol. The topological polar surface area (TPSA) is 97.5 Å². The number of nitrogens with one attached hydrogen (secondary N) is 1. The van der Waals surface area contributed by atoms with Crippen LogP contribution in [-0.4, -0.2) is 38.6 Å². The van der Waals surface area contributed by atoms with Crippen LogP contribution in [0.4, 0.5) is 11.5 Å². The number of hydrogen-bond donors (Lipinski definition) is 2. The van der Waals surface area contributed by atoms with Crippen LogP contribution in [0.1, 0.15) is 19.8 Å². The van der Waals surface area contributed by atoms with Crippen LogP contribution in [0.2, 0.25) is 0 Å². The molecule has 0 unspecified atom stereocenters. The smallest absolute Gasteiger partial charge is 0.315 e. The number of nitro groups is 1. The predicted octanol–water partition coefficient (Wildman–Crippen LogP) is 2.09. The van der Waals surface area contributed by atoms with Gasteiger partial charge in [-0.15, -0.1) is 0 Å². The first-order valence-corrected chi connectivity index (χ1v) is 7.35. The van der Waals surface area contributed by atoms with E-state index in [2.05, 4.69) is 26.2 Å². The van der Waals surface area contributed by atoms with Crippen molar-refractivity contribution in [2.75, 3.05) is 17.3 Å². The first kappa shape index (κ1) is 15.0. The van der Waals surface area contributed by atoms with Crippen LogP contribution >= 0.6 is 15.9 Å². The van der Waals surface area contributed by atoms with E-state index in [4.69, 9.17) is 4.74 Å². The van der Waals surface area contributed by atoms with Crippen molar-refractivity contribution in [3.63, 3.8) is 0 Å². The van der Waals surface area contributed by atoms with E-state index in [1.807, 2.05) is 0 Å². The fourth-order valence-corrected chi connectivity index (χ4v) is 2.38. The molecule has 0 atom stereocenters. The minimum atomic E-state index is -0.689. The third kappa shape index (κ3) is 3.57. The molecule has 1 aliphatic rings. The largest absolute Gasteiger partial charge is 0.491 e. The van der Waals surface area contributed by atoms with Crippen molar-refractivity contribution in [3.05, 3.63) is 22.4 Å². The molecule has 2 rings (SSSR count). The zero-order chi connectivity index (χ0) is 14.8. The SMILES string of the molecule is CC1(O)CC(Nc2ncc(OCCBr)cc2[N+](=O)[O-])C1. The molecule has 1 aliphatic carbocycles. The maximum absolute atomic E-state index is 11.1. The number of aromatic nitrogens is 1. The molecule has 7 nitrogen and oxygen atoms in total. The molecule has 0 aromatic carbocycles. The maximum atomic E-state index is 11.1. The van der Waals surface area contributed by atoms with Gasteiger partial charge in [-0.25, -0.2) is 4.98 Å². The summed E-state index contributed by atoms with van der Waals surface area (Å²) < 4.78 is 5.30. The Morgan fingerprint density at radius 3 is 2.95 bits per heavy atom. The maximum Gasteiger partial charge on any atom is 0.315 e. The highest BCUT2D eigenvalue weighted by molar-refractivity contribution is 9.09. The summed E-state index contributed by atoms with van der Waals surface area (Å²) in [4.78, 5) is 14.6. The normalized spacial score (nSPS) is 24.9. The first-order valence-electron chi connectivity index (χ1n) is 6.23. The molecule has 1 aromatic heterocycles. The van der Waals surface area contributed by atoms with Crippen LogP contribution in [0.5, 0.6) is 5.75 Å². The zero-order valence-electron chi connectivity index (χ0n) is 11.0. The number of pyridine rings is 1. The number of alkyl halides is 1. The number of aliphatic hydroxyl groups is 1. The first-order chi connectivity index (χ1) is 9.41. The molecule has 0 radical (unpaired) electrons. The number of rotatable bonds is 6. The highest BCUT2D eigenvalue weighted by Gasteiger charge is 2.39. The van der Waals surface area contributed by atoms with Crippen molar-refractivity contribution in [2.24, 2.45) is 0 Å². The van der Waals surface area contributed by atoms with E-state index in [0.717, 1.165) is 0 Å². The lowest BCUT2D eigenvalue weighted by Gasteiger charge is -2.41. The van der Waals surface area contributed by atoms with Crippen LogP contribution < -0.4 is 10.1 Å². The molecule has 2 N–H and O–H groups in total. The van der Waals surface area contributed by atoms with E-state index >= 15 is 0 Å². The van der Waals surface area contributed by atoms with Gasteiger partial charge < -0.3 is 15.2 Å². The van der Waals surface area contributed by atoms with Crippen LogP contribution in [0.15, 0.2) is 12.3 Å². The van der Waals surface area contributed by atoms with Crippen LogP contribution in [-0.2, 0) is 0 Å². The Morgan fingerprint density at radius 2 is 2.40 bits per heavy atom. The van der Waals surface area contributed by atoms with Crippen molar-refractivity contribution in [1.82, 2.24) is 4.98 Å². The summed E-state index contributed by atoms with van der Waals surface area (Å²) in [6, 6.07) is 1.36. The number of halogens is 1. The monoisotopic (exact) mass is 345 g/mol. The average Bonchev–Trinajstić information content (AvgIpc) is 2.35. The summed E-state index contributed by atoms with van der Waals surface area (Å²) in [5, 5.41) is 24.4. The van der Waals surface area contributed by atoms with Crippen molar-refractivity contribution in [2.45, 2.75) is 31.4 Å². The highest BCUT2D eigenvalue weighted by Crippen LogP contribution is 2.35. The number of anilines is 1. The molecular weight excluding hydrogens is 330 g/mol. The van der Waals surface area contributed by atoms with Gasteiger partial charge in [-0.1, -0.05) is 15.9 Å². The van der Waals surface area contributed by atoms with E-state index in [1.54, 1.807) is 6.92 Å². The molecular formula is C12H16BrN3O4. The van der Waals surface area contributed by atoms with Crippen LogP contribution in [0.25, 0.3) is 0 Å². The number of ether oxygens (including phenoxy) is 1. The van der Waals surface area contributed by atoms with Gasteiger partial charge in [0, 0.05) is 11.4 Å². The van der Waals surface area contributed by atoms with Gasteiger partial charge in [0.2, 0.25) is 5.82 Å². The molecule has 110 valence electrons. The third-order valence-electron chi connectivity index (χ3n) is 3.10. The standard InChI is InChI=1S/C12H16BrN3O4/c1-12(17)5-8(6-12)15-11-10(16(18)19)4-9(7-14-11)20-3-2-13/h4,7-8,17H,2-3,5-6H2,1H3,(H,14,15). The van der Waals surface area contributed by atoms with Crippen molar-refractivity contribution in [1.29, 1.82) is 0 Å².